The molecule has 0 unspecified atom stereocenters. The largest absolute Gasteiger partial charge is 0.457 e. The Morgan fingerprint density at radius 1 is 1.05 bits per heavy atom. The van der Waals surface area contributed by atoms with Crippen LogP contribution in [0, 0.1) is 6.92 Å². The van der Waals surface area contributed by atoms with Crippen molar-refractivity contribution in [2.75, 3.05) is 39.4 Å². The normalized spacial score (nSPS) is 14.7. The first kappa shape index (κ1) is 29.4. The van der Waals surface area contributed by atoms with E-state index in [1.165, 1.54) is 18.2 Å². The summed E-state index contributed by atoms with van der Waals surface area (Å²) >= 11 is 6.15. The molecule has 0 saturated carbocycles. The van der Waals surface area contributed by atoms with Crippen molar-refractivity contribution in [3.05, 3.63) is 87.8 Å². The number of aryl methyl sites for hydroxylation is 1. The van der Waals surface area contributed by atoms with Crippen LogP contribution >= 0.6 is 11.6 Å². The standard InChI is InChI=1S/C29H29ClF3N3O4/c1-19-3-5-20(6-4-19)27(37)35-25(28(38)34-11-2-12-36-13-15-39-16-14-36)18-22-8-10-26(40-22)23-17-21(29(31,32)33)7-9-24(23)30/h3-10,17-18H,2,11-16H2,1H3,(H,34,38)(H,35,37)/b25-18+. The number of carbonyl (C=O) groups excluding carboxylic acids is 2. The third-order valence-electron chi connectivity index (χ3n) is 6.32. The molecule has 40 heavy (non-hydrogen) atoms. The highest BCUT2D eigenvalue weighted by molar-refractivity contribution is 6.33. The lowest BCUT2D eigenvalue weighted by molar-refractivity contribution is -0.137. The highest BCUT2D eigenvalue weighted by Crippen LogP contribution is 2.36. The molecular formula is C29H29ClF3N3O4. The number of alkyl halides is 3. The summed E-state index contributed by atoms with van der Waals surface area (Å²) < 4.78 is 50.7. The van der Waals surface area contributed by atoms with E-state index < -0.39 is 23.6 Å². The number of ether oxygens (including phenoxy) is 1. The molecule has 0 aliphatic carbocycles. The molecule has 0 radical (unpaired) electrons. The zero-order chi connectivity index (χ0) is 28.7. The van der Waals surface area contributed by atoms with Gasteiger partial charge in [-0.3, -0.25) is 14.5 Å². The quantitative estimate of drug-likeness (QED) is 0.259. The lowest BCUT2D eigenvalue weighted by Gasteiger charge is -2.26. The number of halogens is 4. The Kier molecular flexibility index (Phi) is 9.67. The molecule has 4 rings (SSSR count). The first-order valence-electron chi connectivity index (χ1n) is 12.7. The maximum absolute atomic E-state index is 13.2. The van der Waals surface area contributed by atoms with Gasteiger partial charge in [0.15, 0.2) is 0 Å². The van der Waals surface area contributed by atoms with E-state index in [0.717, 1.165) is 43.4 Å². The molecule has 1 aromatic heterocycles. The number of hydrogen-bond donors (Lipinski definition) is 2. The molecule has 2 heterocycles. The minimum Gasteiger partial charge on any atom is -0.457 e. The van der Waals surface area contributed by atoms with Crippen LogP contribution in [0.25, 0.3) is 17.4 Å². The first-order valence-corrected chi connectivity index (χ1v) is 13.1. The van der Waals surface area contributed by atoms with Gasteiger partial charge < -0.3 is 19.8 Å². The smallest absolute Gasteiger partial charge is 0.416 e. The fraction of sp³-hybridized carbons (Fsp3) is 0.310. The van der Waals surface area contributed by atoms with E-state index in [0.29, 0.717) is 31.7 Å². The van der Waals surface area contributed by atoms with Crippen LogP contribution in [0.15, 0.2) is 64.7 Å². The SMILES string of the molecule is Cc1ccc(C(=O)N/C(=C/c2ccc(-c3cc(C(F)(F)F)ccc3Cl)o2)C(=O)NCCCN2CCOCC2)cc1. The van der Waals surface area contributed by atoms with Crippen LogP contribution in [0.5, 0.6) is 0 Å². The van der Waals surface area contributed by atoms with Gasteiger partial charge >= 0.3 is 6.18 Å². The molecular weight excluding hydrogens is 547 g/mol. The Balaban J connectivity index is 1.52. The van der Waals surface area contributed by atoms with Crippen LogP contribution in [0.4, 0.5) is 13.2 Å². The Morgan fingerprint density at radius 2 is 1.77 bits per heavy atom. The lowest BCUT2D eigenvalue weighted by Crippen LogP contribution is -2.39. The zero-order valence-electron chi connectivity index (χ0n) is 21.8. The zero-order valence-corrected chi connectivity index (χ0v) is 22.6. The summed E-state index contributed by atoms with van der Waals surface area (Å²) in [6, 6.07) is 12.7. The lowest BCUT2D eigenvalue weighted by atomic mass is 10.1. The number of amides is 2. The molecule has 1 aliphatic heterocycles. The Labute approximate surface area is 234 Å². The van der Waals surface area contributed by atoms with Gasteiger partial charge in [0.25, 0.3) is 11.8 Å². The highest BCUT2D eigenvalue weighted by Gasteiger charge is 2.31. The Hall–Kier alpha value is -3.60. The van der Waals surface area contributed by atoms with E-state index in [2.05, 4.69) is 15.5 Å². The summed E-state index contributed by atoms with van der Waals surface area (Å²) in [6.07, 6.45) is -2.53. The van der Waals surface area contributed by atoms with Crippen molar-refractivity contribution in [1.29, 1.82) is 0 Å². The van der Waals surface area contributed by atoms with Crippen LogP contribution in [0.2, 0.25) is 5.02 Å². The molecule has 1 aliphatic rings. The molecule has 2 amide bonds. The van der Waals surface area contributed by atoms with E-state index in [1.807, 2.05) is 6.92 Å². The van der Waals surface area contributed by atoms with Crippen LogP contribution in [0.1, 0.15) is 33.7 Å². The van der Waals surface area contributed by atoms with Crippen molar-refractivity contribution in [2.45, 2.75) is 19.5 Å². The summed E-state index contributed by atoms with van der Waals surface area (Å²) in [4.78, 5) is 28.2. The number of morpholine rings is 1. The fourth-order valence-corrected chi connectivity index (χ4v) is 4.30. The summed E-state index contributed by atoms with van der Waals surface area (Å²) in [5.41, 5.74) is 0.430. The van der Waals surface area contributed by atoms with Gasteiger partial charge in [-0.05, 0) is 62.4 Å². The van der Waals surface area contributed by atoms with Gasteiger partial charge in [0, 0.05) is 36.8 Å². The van der Waals surface area contributed by atoms with Gasteiger partial charge in [-0.2, -0.15) is 13.2 Å². The molecule has 212 valence electrons. The molecule has 3 aromatic rings. The maximum atomic E-state index is 13.2. The van der Waals surface area contributed by atoms with Gasteiger partial charge in [0.2, 0.25) is 0 Å². The summed E-state index contributed by atoms with van der Waals surface area (Å²) in [5, 5.41) is 5.51. The van der Waals surface area contributed by atoms with Crippen molar-refractivity contribution in [2.24, 2.45) is 0 Å². The van der Waals surface area contributed by atoms with Crippen molar-refractivity contribution in [3.63, 3.8) is 0 Å². The molecule has 1 saturated heterocycles. The van der Waals surface area contributed by atoms with Crippen molar-refractivity contribution < 1.29 is 31.9 Å². The van der Waals surface area contributed by atoms with Gasteiger partial charge in [0.1, 0.15) is 17.2 Å². The van der Waals surface area contributed by atoms with Crippen LogP contribution < -0.4 is 10.6 Å². The summed E-state index contributed by atoms with van der Waals surface area (Å²) in [7, 11) is 0. The fourth-order valence-electron chi connectivity index (χ4n) is 4.09. The van der Waals surface area contributed by atoms with E-state index >= 15 is 0 Å². The van der Waals surface area contributed by atoms with E-state index in [1.54, 1.807) is 24.3 Å². The number of carbonyl (C=O) groups is 2. The number of hydrogen-bond acceptors (Lipinski definition) is 5. The number of nitrogens with one attached hydrogen (secondary N) is 2. The molecule has 2 N–H and O–H groups in total. The minimum absolute atomic E-state index is 0.0500. The molecule has 7 nitrogen and oxygen atoms in total. The van der Waals surface area contributed by atoms with Crippen molar-refractivity contribution in [1.82, 2.24) is 15.5 Å². The number of furan rings is 1. The van der Waals surface area contributed by atoms with E-state index in [9.17, 15) is 22.8 Å². The Morgan fingerprint density at radius 3 is 2.48 bits per heavy atom. The number of nitrogens with zero attached hydrogens (tertiary/aromatic N) is 1. The third-order valence-corrected chi connectivity index (χ3v) is 6.65. The molecule has 1 fully saturated rings. The van der Waals surface area contributed by atoms with Gasteiger partial charge in [-0.25, -0.2) is 0 Å². The second-order valence-electron chi connectivity index (χ2n) is 9.34. The second kappa shape index (κ2) is 13.2. The summed E-state index contributed by atoms with van der Waals surface area (Å²) in [5.74, 6) is -0.802. The average molecular weight is 576 g/mol. The van der Waals surface area contributed by atoms with Gasteiger partial charge in [-0.1, -0.05) is 29.3 Å². The third kappa shape index (κ3) is 7.97. The topological polar surface area (TPSA) is 83.8 Å². The average Bonchev–Trinajstić information content (AvgIpc) is 3.39. The van der Waals surface area contributed by atoms with Crippen LogP contribution in [0.3, 0.4) is 0 Å². The second-order valence-corrected chi connectivity index (χ2v) is 9.74. The van der Waals surface area contributed by atoms with Crippen molar-refractivity contribution >= 4 is 29.5 Å². The minimum atomic E-state index is -4.55. The van der Waals surface area contributed by atoms with Crippen LogP contribution in [-0.4, -0.2) is 56.1 Å². The van der Waals surface area contributed by atoms with Gasteiger partial charge in [0.05, 0.1) is 23.8 Å². The molecule has 0 bridgehead atoms. The van der Waals surface area contributed by atoms with Gasteiger partial charge in [-0.15, -0.1) is 0 Å². The number of rotatable bonds is 9. The predicted molar refractivity (Wildman–Crippen MR) is 146 cm³/mol. The number of benzene rings is 2. The monoisotopic (exact) mass is 575 g/mol. The Bertz CT molecular complexity index is 1360. The summed E-state index contributed by atoms with van der Waals surface area (Å²) in [6.45, 7) is 6.09. The van der Waals surface area contributed by atoms with E-state index in [-0.39, 0.29) is 27.8 Å². The first-order chi connectivity index (χ1) is 19.1. The predicted octanol–water partition coefficient (Wildman–Crippen LogP) is 5.54. The molecule has 0 atom stereocenters. The van der Waals surface area contributed by atoms with E-state index in [4.69, 9.17) is 20.8 Å². The molecule has 11 heteroatoms. The van der Waals surface area contributed by atoms with Crippen molar-refractivity contribution in [3.8, 4) is 11.3 Å². The molecule has 0 spiro atoms. The highest BCUT2D eigenvalue weighted by atomic mass is 35.5. The molecule has 2 aromatic carbocycles. The van der Waals surface area contributed by atoms with Crippen LogP contribution in [-0.2, 0) is 15.7 Å². The maximum Gasteiger partial charge on any atom is 0.416 e.